The third-order valence-corrected chi connectivity index (χ3v) is 3.13. The van der Waals surface area contributed by atoms with Crippen molar-refractivity contribution in [2.45, 2.75) is 26.4 Å². The molecule has 0 saturated carbocycles. The molecule has 2 aromatic rings. The van der Waals surface area contributed by atoms with Crippen molar-refractivity contribution < 1.29 is 14.3 Å². The predicted octanol–water partition coefficient (Wildman–Crippen LogP) is 2.33. The molecule has 2 rings (SSSR count). The second kappa shape index (κ2) is 4.61. The highest BCUT2D eigenvalue weighted by atomic mass is 32.1. The SMILES string of the molecule is COc1nn2c(N)csc2c1NC(=O)OC(C)(C)C. The van der Waals surface area contributed by atoms with Crippen LogP contribution in [0.5, 0.6) is 5.88 Å². The molecule has 7 nitrogen and oxygen atoms in total. The van der Waals surface area contributed by atoms with Crippen LogP contribution in [0.3, 0.4) is 0 Å². The minimum atomic E-state index is -0.571. The third kappa shape index (κ3) is 2.73. The van der Waals surface area contributed by atoms with Gasteiger partial charge in [-0.25, -0.2) is 9.31 Å². The minimum Gasteiger partial charge on any atom is -0.478 e. The van der Waals surface area contributed by atoms with E-state index in [1.54, 1.807) is 26.2 Å². The van der Waals surface area contributed by atoms with Gasteiger partial charge in [-0.15, -0.1) is 16.4 Å². The van der Waals surface area contributed by atoms with Crippen LogP contribution < -0.4 is 15.8 Å². The van der Waals surface area contributed by atoms with E-state index in [-0.39, 0.29) is 0 Å². The lowest BCUT2D eigenvalue weighted by Gasteiger charge is -2.19. The molecule has 0 aliphatic rings. The molecule has 104 valence electrons. The van der Waals surface area contributed by atoms with Gasteiger partial charge >= 0.3 is 6.09 Å². The number of nitrogen functional groups attached to an aromatic ring is 1. The van der Waals surface area contributed by atoms with E-state index in [9.17, 15) is 4.79 Å². The summed E-state index contributed by atoms with van der Waals surface area (Å²) >= 11 is 1.36. The average molecular weight is 284 g/mol. The number of hydrogen-bond acceptors (Lipinski definition) is 6. The van der Waals surface area contributed by atoms with Gasteiger partial charge in [0.2, 0.25) is 0 Å². The van der Waals surface area contributed by atoms with Crippen LogP contribution in [-0.4, -0.2) is 28.4 Å². The van der Waals surface area contributed by atoms with Crippen LogP contribution >= 0.6 is 11.3 Å². The Morgan fingerprint density at radius 3 is 2.79 bits per heavy atom. The number of carbonyl (C=O) groups excluding carboxylic acids is 1. The first-order valence-corrected chi connectivity index (χ1v) is 6.49. The number of thiazole rings is 1. The molecular weight excluding hydrogens is 268 g/mol. The molecule has 0 radical (unpaired) electrons. The summed E-state index contributed by atoms with van der Waals surface area (Å²) in [7, 11) is 1.48. The second-order valence-corrected chi connectivity index (χ2v) is 5.75. The Bertz CT molecular complexity index is 611. The number of nitrogens with one attached hydrogen (secondary N) is 1. The molecule has 19 heavy (non-hydrogen) atoms. The summed E-state index contributed by atoms with van der Waals surface area (Å²) in [5.41, 5.74) is 5.64. The quantitative estimate of drug-likeness (QED) is 0.883. The number of nitrogens with two attached hydrogens (primary N) is 1. The number of aromatic nitrogens is 2. The van der Waals surface area contributed by atoms with Gasteiger partial charge in [-0.05, 0) is 20.8 Å². The first kappa shape index (κ1) is 13.5. The molecule has 0 bridgehead atoms. The summed E-state index contributed by atoms with van der Waals surface area (Å²) in [6, 6.07) is 0. The molecule has 0 aliphatic heterocycles. The monoisotopic (exact) mass is 284 g/mol. The number of ether oxygens (including phenoxy) is 2. The fraction of sp³-hybridized carbons (Fsp3) is 0.455. The van der Waals surface area contributed by atoms with Crippen LogP contribution in [0.15, 0.2) is 5.38 Å². The Labute approximate surface area is 114 Å². The van der Waals surface area contributed by atoms with Gasteiger partial charge in [0.1, 0.15) is 21.9 Å². The van der Waals surface area contributed by atoms with Crippen molar-refractivity contribution in [1.82, 2.24) is 9.61 Å². The molecule has 2 aromatic heterocycles. The number of amides is 1. The summed E-state index contributed by atoms with van der Waals surface area (Å²) in [6.07, 6.45) is -0.562. The molecule has 0 unspecified atom stereocenters. The van der Waals surface area contributed by atoms with Crippen LogP contribution in [-0.2, 0) is 4.74 Å². The zero-order chi connectivity index (χ0) is 14.2. The summed E-state index contributed by atoms with van der Waals surface area (Å²) in [5.74, 6) is 0.778. The van der Waals surface area contributed by atoms with Crippen molar-refractivity contribution in [3.05, 3.63) is 5.38 Å². The Morgan fingerprint density at radius 2 is 2.21 bits per heavy atom. The summed E-state index contributed by atoms with van der Waals surface area (Å²) in [4.78, 5) is 12.5. The number of methoxy groups -OCH3 is 1. The molecular formula is C11H16N4O3S. The van der Waals surface area contributed by atoms with Gasteiger partial charge < -0.3 is 15.2 Å². The Morgan fingerprint density at radius 1 is 1.53 bits per heavy atom. The highest BCUT2D eigenvalue weighted by Crippen LogP contribution is 2.34. The van der Waals surface area contributed by atoms with Gasteiger partial charge in [0.15, 0.2) is 0 Å². The van der Waals surface area contributed by atoms with Crippen molar-refractivity contribution in [3.8, 4) is 5.88 Å². The van der Waals surface area contributed by atoms with Crippen LogP contribution in [0.4, 0.5) is 16.3 Å². The van der Waals surface area contributed by atoms with Crippen LogP contribution in [0.1, 0.15) is 20.8 Å². The molecule has 3 N–H and O–H groups in total. The van der Waals surface area contributed by atoms with Gasteiger partial charge in [-0.1, -0.05) is 0 Å². The third-order valence-electron chi connectivity index (χ3n) is 2.17. The van der Waals surface area contributed by atoms with Crippen LogP contribution in [0.2, 0.25) is 0 Å². The van der Waals surface area contributed by atoms with Gasteiger partial charge in [0.05, 0.1) is 7.11 Å². The fourth-order valence-corrected chi connectivity index (χ4v) is 2.32. The molecule has 0 aliphatic carbocycles. The lowest BCUT2D eigenvalue weighted by molar-refractivity contribution is 0.0635. The topological polar surface area (TPSA) is 90.9 Å². The van der Waals surface area contributed by atoms with Crippen molar-refractivity contribution in [1.29, 1.82) is 0 Å². The van der Waals surface area contributed by atoms with Crippen LogP contribution in [0.25, 0.3) is 4.83 Å². The highest BCUT2D eigenvalue weighted by molar-refractivity contribution is 7.16. The standard InChI is InChI=1S/C11H16N4O3S/c1-11(2,3)18-10(16)13-7-8(17-4)14-15-6(12)5-19-9(7)15/h5H,12H2,1-4H3,(H,13,16). The normalized spacial score (nSPS) is 11.6. The van der Waals surface area contributed by atoms with Gasteiger partial charge in [-0.2, -0.15) is 0 Å². The molecule has 0 spiro atoms. The Balaban J connectivity index is 2.31. The van der Waals surface area contributed by atoms with E-state index in [2.05, 4.69) is 10.4 Å². The molecule has 0 saturated heterocycles. The fourth-order valence-electron chi connectivity index (χ4n) is 1.49. The van der Waals surface area contributed by atoms with Crippen LogP contribution in [0, 0.1) is 0 Å². The van der Waals surface area contributed by atoms with Crippen molar-refractivity contribution in [2.75, 3.05) is 18.2 Å². The van der Waals surface area contributed by atoms with Crippen molar-refractivity contribution in [2.24, 2.45) is 0 Å². The summed E-state index contributed by atoms with van der Waals surface area (Å²) < 4.78 is 11.8. The molecule has 0 fully saturated rings. The van der Waals surface area contributed by atoms with Gasteiger partial charge in [0, 0.05) is 5.38 Å². The Kier molecular flexibility index (Phi) is 3.27. The van der Waals surface area contributed by atoms with E-state index < -0.39 is 11.7 Å². The summed E-state index contributed by atoms with van der Waals surface area (Å²) in [6.45, 7) is 5.38. The lowest BCUT2D eigenvalue weighted by Crippen LogP contribution is -2.27. The van der Waals surface area contributed by atoms with E-state index in [0.29, 0.717) is 22.2 Å². The van der Waals surface area contributed by atoms with E-state index in [0.717, 1.165) is 0 Å². The van der Waals surface area contributed by atoms with E-state index in [1.165, 1.54) is 23.0 Å². The lowest BCUT2D eigenvalue weighted by atomic mass is 10.2. The smallest absolute Gasteiger partial charge is 0.412 e. The average Bonchev–Trinajstić information content (AvgIpc) is 2.78. The first-order valence-electron chi connectivity index (χ1n) is 5.61. The number of nitrogens with zero attached hydrogens (tertiary/aromatic N) is 2. The maximum absolute atomic E-state index is 11.8. The molecule has 1 amide bonds. The maximum atomic E-state index is 11.8. The predicted molar refractivity (Wildman–Crippen MR) is 73.9 cm³/mol. The van der Waals surface area contributed by atoms with Crippen molar-refractivity contribution >= 4 is 33.8 Å². The molecule has 2 heterocycles. The second-order valence-electron chi connectivity index (χ2n) is 4.89. The van der Waals surface area contributed by atoms with E-state index in [4.69, 9.17) is 15.2 Å². The first-order chi connectivity index (χ1) is 8.81. The summed E-state index contributed by atoms with van der Waals surface area (Å²) in [5, 5.41) is 8.53. The number of fused-ring (bicyclic) bond motifs is 1. The van der Waals surface area contributed by atoms with E-state index in [1.807, 2.05) is 0 Å². The zero-order valence-corrected chi connectivity index (χ0v) is 12.0. The van der Waals surface area contributed by atoms with Gasteiger partial charge in [-0.3, -0.25) is 5.32 Å². The minimum absolute atomic E-state index is 0.296. The molecule has 8 heteroatoms. The maximum Gasteiger partial charge on any atom is 0.412 e. The zero-order valence-electron chi connectivity index (χ0n) is 11.2. The molecule has 0 aromatic carbocycles. The largest absolute Gasteiger partial charge is 0.478 e. The van der Waals surface area contributed by atoms with Gasteiger partial charge in [0.25, 0.3) is 5.88 Å². The number of rotatable bonds is 2. The van der Waals surface area contributed by atoms with Crippen molar-refractivity contribution in [3.63, 3.8) is 0 Å². The number of carbonyl (C=O) groups is 1. The molecule has 0 atom stereocenters. The number of anilines is 2. The number of hydrogen-bond donors (Lipinski definition) is 2. The van der Waals surface area contributed by atoms with E-state index >= 15 is 0 Å². The Hall–Kier alpha value is -1.96. The highest BCUT2D eigenvalue weighted by Gasteiger charge is 2.22.